The van der Waals surface area contributed by atoms with Crippen LogP contribution in [0.3, 0.4) is 0 Å². The molecule has 30 heavy (non-hydrogen) atoms. The summed E-state index contributed by atoms with van der Waals surface area (Å²) >= 11 is 0. The van der Waals surface area contributed by atoms with Gasteiger partial charge in [-0.05, 0) is 42.6 Å². The molecule has 1 saturated heterocycles. The van der Waals surface area contributed by atoms with E-state index in [1.807, 2.05) is 11.9 Å². The summed E-state index contributed by atoms with van der Waals surface area (Å²) in [5.74, 6) is 0.0329. The first-order chi connectivity index (χ1) is 14.3. The number of carbonyl (C=O) groups is 1. The number of amides is 1. The number of non-ortho nitro benzene ring substituents is 1. The number of rotatable bonds is 5. The zero-order valence-electron chi connectivity index (χ0n) is 17.9. The summed E-state index contributed by atoms with van der Waals surface area (Å²) in [4.78, 5) is 28.2. The second-order valence-corrected chi connectivity index (χ2v) is 9.05. The maximum Gasteiger partial charge on any atom is 0.269 e. The molecule has 1 heterocycles. The van der Waals surface area contributed by atoms with Crippen LogP contribution in [0, 0.1) is 10.1 Å². The highest BCUT2D eigenvalue weighted by molar-refractivity contribution is 5.79. The highest BCUT2D eigenvalue weighted by Crippen LogP contribution is 2.50. The fourth-order valence-corrected chi connectivity index (χ4v) is 5.35. The van der Waals surface area contributed by atoms with E-state index in [4.69, 9.17) is 0 Å². The van der Waals surface area contributed by atoms with Crippen molar-refractivity contribution < 1.29 is 9.72 Å². The molecule has 0 radical (unpaired) electrons. The molecule has 0 aromatic heterocycles. The Morgan fingerprint density at radius 1 is 1.13 bits per heavy atom. The maximum absolute atomic E-state index is 13.3. The Labute approximate surface area is 177 Å². The summed E-state index contributed by atoms with van der Waals surface area (Å²) in [6.07, 6.45) is 2.65. The van der Waals surface area contributed by atoms with E-state index in [1.165, 1.54) is 36.1 Å². The van der Waals surface area contributed by atoms with Crippen LogP contribution in [0.1, 0.15) is 49.4 Å². The maximum atomic E-state index is 13.3. The van der Waals surface area contributed by atoms with Crippen molar-refractivity contribution in [1.82, 2.24) is 9.80 Å². The smallest absolute Gasteiger partial charge is 0.269 e. The van der Waals surface area contributed by atoms with E-state index in [2.05, 4.69) is 43.0 Å². The molecule has 2 atom stereocenters. The van der Waals surface area contributed by atoms with E-state index >= 15 is 0 Å². The van der Waals surface area contributed by atoms with Gasteiger partial charge in [-0.1, -0.05) is 50.2 Å². The molecular formula is C24H29N3O3. The number of hydrogen-bond acceptors (Lipinski definition) is 4. The zero-order chi connectivity index (χ0) is 21.5. The Bertz CT molecular complexity index is 948. The average molecular weight is 408 g/mol. The number of carbonyl (C=O) groups excluding carboxylic acids is 1. The van der Waals surface area contributed by atoms with Gasteiger partial charge in [-0.25, -0.2) is 0 Å². The van der Waals surface area contributed by atoms with Gasteiger partial charge >= 0.3 is 0 Å². The minimum atomic E-state index is -0.421. The van der Waals surface area contributed by atoms with E-state index in [9.17, 15) is 14.9 Å². The van der Waals surface area contributed by atoms with Crippen molar-refractivity contribution in [3.63, 3.8) is 0 Å². The van der Waals surface area contributed by atoms with Crippen molar-refractivity contribution in [2.75, 3.05) is 20.1 Å². The molecule has 1 aliphatic heterocycles. The van der Waals surface area contributed by atoms with Crippen molar-refractivity contribution >= 4 is 11.6 Å². The number of nitro benzene ring substituents is 1. The Morgan fingerprint density at radius 3 is 2.40 bits per heavy atom. The summed E-state index contributed by atoms with van der Waals surface area (Å²) in [6.45, 7) is 6.73. The van der Waals surface area contributed by atoms with Gasteiger partial charge in [-0.15, -0.1) is 0 Å². The second kappa shape index (κ2) is 7.84. The lowest BCUT2D eigenvalue weighted by molar-refractivity contribution is -0.384. The summed E-state index contributed by atoms with van der Waals surface area (Å²) in [6, 6.07) is 15.0. The van der Waals surface area contributed by atoms with Gasteiger partial charge in [0.2, 0.25) is 5.91 Å². The Morgan fingerprint density at radius 2 is 1.77 bits per heavy atom. The molecule has 0 spiro atoms. The Hall–Kier alpha value is -2.73. The Balaban J connectivity index is 1.62. The lowest BCUT2D eigenvalue weighted by Crippen LogP contribution is -2.50. The zero-order valence-corrected chi connectivity index (χ0v) is 17.9. The van der Waals surface area contributed by atoms with Gasteiger partial charge in [0.15, 0.2) is 0 Å². The molecule has 1 amide bonds. The fourth-order valence-electron chi connectivity index (χ4n) is 5.35. The molecule has 1 fully saturated rings. The van der Waals surface area contributed by atoms with Gasteiger partial charge < -0.3 is 4.90 Å². The van der Waals surface area contributed by atoms with Crippen molar-refractivity contribution in [1.29, 1.82) is 0 Å². The van der Waals surface area contributed by atoms with Crippen molar-refractivity contribution in [3.8, 4) is 0 Å². The normalized spacial score (nSPS) is 22.6. The van der Waals surface area contributed by atoms with Crippen molar-refractivity contribution in [2.24, 2.45) is 0 Å². The molecule has 6 nitrogen and oxygen atoms in total. The largest absolute Gasteiger partial charge is 0.337 e. The van der Waals surface area contributed by atoms with Crippen molar-refractivity contribution in [2.45, 2.75) is 50.6 Å². The van der Waals surface area contributed by atoms with Crippen LogP contribution in [-0.2, 0) is 16.6 Å². The first-order valence-corrected chi connectivity index (χ1v) is 10.6. The number of nitrogens with zero attached hydrogens (tertiary/aromatic N) is 3. The van der Waals surface area contributed by atoms with Crippen molar-refractivity contribution in [3.05, 3.63) is 75.3 Å². The number of likely N-dealkylation sites (tertiary alicyclic amines) is 1. The van der Waals surface area contributed by atoms with Crippen LogP contribution in [-0.4, -0.2) is 46.8 Å². The van der Waals surface area contributed by atoms with Crippen LogP contribution >= 0.6 is 0 Å². The second-order valence-electron chi connectivity index (χ2n) is 9.05. The monoisotopic (exact) mass is 407 g/mol. The van der Waals surface area contributed by atoms with Gasteiger partial charge in [-0.3, -0.25) is 19.8 Å². The summed E-state index contributed by atoms with van der Waals surface area (Å²) < 4.78 is 0. The van der Waals surface area contributed by atoms with Gasteiger partial charge in [0, 0.05) is 30.6 Å². The fraction of sp³-hybridized carbons (Fsp3) is 0.458. The number of nitro groups is 1. The van der Waals surface area contributed by atoms with Gasteiger partial charge in [0.1, 0.15) is 0 Å². The molecule has 2 aromatic rings. The third kappa shape index (κ3) is 3.49. The molecule has 0 bridgehead atoms. The standard InChI is InChI=1S/C24H29N3O3/c1-24(2)20-9-5-4-8-19(20)22(23(24)26-14-6-7-15-26)25(3)21(28)16-17-10-12-18(13-11-17)27(29)30/h4-5,8-13,22-23H,6-7,14-16H2,1-3H3/t22-,23+/m0/s1. The number of benzene rings is 2. The first kappa shape index (κ1) is 20.5. The number of fused-ring (bicyclic) bond motifs is 1. The van der Waals surface area contributed by atoms with E-state index in [0.29, 0.717) is 0 Å². The van der Waals surface area contributed by atoms with Crippen LogP contribution in [0.4, 0.5) is 5.69 Å². The number of hydrogen-bond donors (Lipinski definition) is 0. The molecule has 0 unspecified atom stereocenters. The van der Waals surface area contributed by atoms with E-state index in [0.717, 1.165) is 18.7 Å². The van der Waals surface area contributed by atoms with E-state index < -0.39 is 4.92 Å². The predicted octanol–water partition coefficient (Wildman–Crippen LogP) is 4.09. The molecule has 1 aliphatic carbocycles. The lowest BCUT2D eigenvalue weighted by Gasteiger charge is -2.41. The topological polar surface area (TPSA) is 66.7 Å². The lowest BCUT2D eigenvalue weighted by atomic mass is 9.81. The third-order valence-electron chi connectivity index (χ3n) is 6.86. The van der Waals surface area contributed by atoms with E-state index in [1.54, 1.807) is 12.1 Å². The number of likely N-dealkylation sites (N-methyl/N-ethyl adjacent to an activating group) is 1. The van der Waals surface area contributed by atoms with Crippen LogP contribution in [0.25, 0.3) is 0 Å². The Kier molecular flexibility index (Phi) is 5.36. The van der Waals surface area contributed by atoms with Crippen LogP contribution in [0.2, 0.25) is 0 Å². The highest BCUT2D eigenvalue weighted by atomic mass is 16.6. The summed E-state index contributed by atoms with van der Waals surface area (Å²) in [7, 11) is 1.90. The summed E-state index contributed by atoms with van der Waals surface area (Å²) in [5.41, 5.74) is 3.34. The molecule has 158 valence electrons. The molecular weight excluding hydrogens is 378 g/mol. The molecule has 2 aliphatic rings. The highest BCUT2D eigenvalue weighted by Gasteiger charge is 2.51. The van der Waals surface area contributed by atoms with Gasteiger partial charge in [-0.2, -0.15) is 0 Å². The van der Waals surface area contributed by atoms with Crippen LogP contribution < -0.4 is 0 Å². The van der Waals surface area contributed by atoms with E-state index in [-0.39, 0.29) is 35.5 Å². The SMILES string of the molecule is CN(C(=O)Cc1ccc([N+](=O)[O-])cc1)[C@H]1c2ccccc2C(C)(C)[C@@H]1N1CCCC1. The summed E-state index contributed by atoms with van der Waals surface area (Å²) in [5, 5.41) is 10.9. The minimum Gasteiger partial charge on any atom is -0.337 e. The third-order valence-corrected chi connectivity index (χ3v) is 6.86. The van der Waals surface area contributed by atoms with Gasteiger partial charge in [0.25, 0.3) is 5.69 Å². The minimum absolute atomic E-state index is 0.000140. The van der Waals surface area contributed by atoms with Gasteiger partial charge in [0.05, 0.1) is 17.4 Å². The average Bonchev–Trinajstić information content (AvgIpc) is 3.32. The quantitative estimate of drug-likeness (QED) is 0.553. The molecule has 0 saturated carbocycles. The molecule has 6 heteroatoms. The van der Waals surface area contributed by atoms with Crippen LogP contribution in [0.15, 0.2) is 48.5 Å². The molecule has 0 N–H and O–H groups in total. The van der Waals surface area contributed by atoms with Crippen LogP contribution in [0.5, 0.6) is 0 Å². The molecule has 4 rings (SSSR count). The first-order valence-electron chi connectivity index (χ1n) is 10.6. The molecule has 2 aromatic carbocycles. The predicted molar refractivity (Wildman–Crippen MR) is 116 cm³/mol.